The number of nitrogens with zero attached hydrogens (tertiary/aromatic N) is 1. The Kier molecular flexibility index (Phi) is 14.9. The van der Waals surface area contributed by atoms with Crippen molar-refractivity contribution in [1.82, 2.24) is 4.90 Å². The van der Waals surface area contributed by atoms with Gasteiger partial charge in [0.2, 0.25) is 0 Å². The van der Waals surface area contributed by atoms with Gasteiger partial charge in [0, 0.05) is 44.9 Å². The van der Waals surface area contributed by atoms with Gasteiger partial charge in [0.15, 0.2) is 0 Å². The first-order valence-electron chi connectivity index (χ1n) is 18.3. The van der Waals surface area contributed by atoms with Crippen molar-refractivity contribution in [1.29, 1.82) is 0 Å². The maximum Gasteiger partial charge on any atom is 0.309 e. The van der Waals surface area contributed by atoms with Crippen LogP contribution in [0.2, 0.25) is 0 Å². The van der Waals surface area contributed by atoms with E-state index in [1.54, 1.807) is 27.7 Å². The lowest BCUT2D eigenvalue weighted by atomic mass is 9.68. The summed E-state index contributed by atoms with van der Waals surface area (Å²) in [5, 5.41) is 46.3. The van der Waals surface area contributed by atoms with Crippen molar-refractivity contribution in [3.8, 4) is 0 Å². The van der Waals surface area contributed by atoms with Crippen molar-refractivity contribution in [2.45, 2.75) is 159 Å². The molecule has 4 N–H and O–H groups in total. The van der Waals surface area contributed by atoms with Gasteiger partial charge in [0.1, 0.15) is 29.7 Å². The van der Waals surface area contributed by atoms with E-state index in [9.17, 15) is 30.0 Å². The first-order chi connectivity index (χ1) is 23.2. The third-order valence-electron chi connectivity index (χ3n) is 12.4. The Balaban J connectivity index is 2.05. The number of cyclic esters (lactones) is 1. The number of ether oxygens (including phenoxy) is 6. The molecule has 13 heteroatoms. The fourth-order valence-electron chi connectivity index (χ4n) is 8.42. The van der Waals surface area contributed by atoms with Gasteiger partial charge in [-0.1, -0.05) is 27.7 Å². The first kappa shape index (κ1) is 43.1. The molecule has 0 saturated carbocycles. The van der Waals surface area contributed by atoms with E-state index < -0.39 is 83.1 Å². The van der Waals surface area contributed by atoms with Gasteiger partial charge in [0.05, 0.1) is 60.9 Å². The predicted molar refractivity (Wildman–Crippen MR) is 185 cm³/mol. The number of ketones is 1. The van der Waals surface area contributed by atoms with Gasteiger partial charge in [-0.05, 0) is 67.0 Å². The molecule has 0 aliphatic carbocycles. The number of likely N-dealkylation sites (N-methyl/N-ethyl adjacent to an activating group) is 1. The summed E-state index contributed by atoms with van der Waals surface area (Å²) in [4.78, 5) is 29.5. The largest absolute Gasteiger partial charge is 0.459 e. The van der Waals surface area contributed by atoms with Crippen molar-refractivity contribution in [3.63, 3.8) is 0 Å². The molecule has 3 heterocycles. The number of carbonyl (C=O) groups is 2. The third kappa shape index (κ3) is 9.09. The SMILES string of the molecule is CC[C@H]1OC(=O)[C@H](C)[C@@H]([C@H]2C[C@](C)(OC)[C@@H](O)[C@H](CO[C@H]3CO[C@H](C)C[C@@H]3N(C)C)O2)[C@H](C)[C@@H](O)[C@](C)(OC)CCC(=O)[C@H](C)[C@@H](O)[C@]1(C)O. The summed E-state index contributed by atoms with van der Waals surface area (Å²) in [5.74, 6) is -4.20. The standard InChI is InChI=1S/C37H67NO12/c1-13-29-37(8,44)32(41)21(3)25(39)14-15-35(6,45-11)31(40)22(4)30(23(5)34(43)50-29)26-17-36(7,46-12)33(42)28(49-26)19-48-27-18-47-20(2)16-24(27)38(9)10/h20-24,26-33,40-42,44H,13-19H2,1-12H3/t20-,21+,22+,23-,24+,26-,27+,28+,29-,30+,31-,32-,33+,35-,36+,37-/m1/s1. The molecule has 0 spiro atoms. The Hall–Kier alpha value is -1.26. The minimum atomic E-state index is -1.93. The number of hydrogen-bond donors (Lipinski definition) is 4. The summed E-state index contributed by atoms with van der Waals surface area (Å²) in [5.41, 5.74) is -4.25. The summed E-state index contributed by atoms with van der Waals surface area (Å²) in [6.07, 6.45) is -5.42. The molecule has 0 aromatic carbocycles. The van der Waals surface area contributed by atoms with Gasteiger partial charge in [-0.15, -0.1) is 0 Å². The van der Waals surface area contributed by atoms with Crippen molar-refractivity contribution >= 4 is 11.8 Å². The smallest absolute Gasteiger partial charge is 0.309 e. The van der Waals surface area contributed by atoms with E-state index in [0.717, 1.165) is 6.42 Å². The van der Waals surface area contributed by atoms with Crippen LogP contribution in [0.1, 0.15) is 87.5 Å². The third-order valence-corrected chi connectivity index (χ3v) is 12.4. The van der Waals surface area contributed by atoms with Crippen LogP contribution in [-0.4, -0.2) is 150 Å². The molecular formula is C37H67NO12. The van der Waals surface area contributed by atoms with E-state index in [1.165, 1.54) is 28.1 Å². The van der Waals surface area contributed by atoms with Crippen molar-refractivity contribution in [3.05, 3.63) is 0 Å². The molecule has 0 unspecified atom stereocenters. The number of carbonyl (C=O) groups excluding carboxylic acids is 2. The number of Topliss-reactive ketones (excluding diaryl/α,β-unsaturated/α-hetero) is 1. The topological polar surface area (TPSA) is 174 Å². The molecular weight excluding hydrogens is 650 g/mol. The van der Waals surface area contributed by atoms with Gasteiger partial charge in [-0.2, -0.15) is 0 Å². The van der Waals surface area contributed by atoms with Crippen LogP contribution in [0.15, 0.2) is 0 Å². The average molecular weight is 718 g/mol. The molecule has 16 atom stereocenters. The molecule has 0 aromatic heterocycles. The lowest BCUT2D eigenvalue weighted by Crippen LogP contribution is -2.62. The van der Waals surface area contributed by atoms with E-state index in [1.807, 2.05) is 27.9 Å². The highest BCUT2D eigenvalue weighted by Gasteiger charge is 2.54. The van der Waals surface area contributed by atoms with Crippen LogP contribution in [0.25, 0.3) is 0 Å². The normalized spacial score (nSPS) is 47.5. The summed E-state index contributed by atoms with van der Waals surface area (Å²) in [6.45, 7) is 14.1. The van der Waals surface area contributed by atoms with Crippen LogP contribution >= 0.6 is 0 Å². The van der Waals surface area contributed by atoms with Crippen LogP contribution in [-0.2, 0) is 38.0 Å². The van der Waals surface area contributed by atoms with E-state index in [2.05, 4.69) is 4.90 Å². The van der Waals surface area contributed by atoms with Crippen LogP contribution in [0.3, 0.4) is 0 Å². The Morgan fingerprint density at radius 3 is 2.10 bits per heavy atom. The fraction of sp³-hybridized carbons (Fsp3) is 0.946. The quantitative estimate of drug-likeness (QED) is 0.269. The molecule has 3 fully saturated rings. The molecule has 13 nitrogen and oxygen atoms in total. The molecule has 3 aliphatic rings. The summed E-state index contributed by atoms with van der Waals surface area (Å²) < 4.78 is 36.8. The highest BCUT2D eigenvalue weighted by molar-refractivity contribution is 5.81. The van der Waals surface area contributed by atoms with Crippen molar-refractivity contribution < 1.29 is 58.4 Å². The Labute approximate surface area is 299 Å². The highest BCUT2D eigenvalue weighted by Crippen LogP contribution is 2.44. The number of methoxy groups -OCH3 is 2. The maximum absolute atomic E-state index is 14.1. The van der Waals surface area contributed by atoms with Crippen molar-refractivity contribution in [2.75, 3.05) is 41.5 Å². The second kappa shape index (κ2) is 17.3. The van der Waals surface area contributed by atoms with Gasteiger partial charge in [-0.25, -0.2) is 0 Å². The molecule has 0 radical (unpaired) electrons. The van der Waals surface area contributed by atoms with Crippen LogP contribution in [0.4, 0.5) is 0 Å². The highest BCUT2D eigenvalue weighted by atomic mass is 16.6. The van der Waals surface area contributed by atoms with Crippen LogP contribution in [0.5, 0.6) is 0 Å². The number of hydrogen-bond acceptors (Lipinski definition) is 13. The second-order valence-corrected chi connectivity index (χ2v) is 16.1. The van der Waals surface area contributed by atoms with E-state index in [4.69, 9.17) is 28.4 Å². The molecule has 3 rings (SSSR count). The number of esters is 1. The summed E-state index contributed by atoms with van der Waals surface area (Å²) in [7, 11) is 6.98. The number of aliphatic hydroxyl groups excluding tert-OH is 3. The molecule has 0 amide bonds. The molecule has 0 aromatic rings. The predicted octanol–water partition coefficient (Wildman–Crippen LogP) is 2.12. The van der Waals surface area contributed by atoms with Crippen LogP contribution in [0, 0.1) is 23.7 Å². The zero-order valence-corrected chi connectivity index (χ0v) is 32.5. The zero-order chi connectivity index (χ0) is 37.9. The molecule has 3 aliphatic heterocycles. The van der Waals surface area contributed by atoms with Gasteiger partial charge in [-0.3, -0.25) is 9.59 Å². The molecule has 50 heavy (non-hydrogen) atoms. The second-order valence-electron chi connectivity index (χ2n) is 16.1. The fourth-order valence-corrected chi connectivity index (χ4v) is 8.42. The number of rotatable bonds is 8. The zero-order valence-electron chi connectivity index (χ0n) is 32.5. The van der Waals surface area contributed by atoms with Crippen molar-refractivity contribution in [2.24, 2.45) is 23.7 Å². The lowest BCUT2D eigenvalue weighted by molar-refractivity contribution is -0.257. The Morgan fingerprint density at radius 1 is 0.920 bits per heavy atom. The molecule has 3 saturated heterocycles. The first-order valence-corrected chi connectivity index (χ1v) is 18.3. The molecule has 292 valence electrons. The monoisotopic (exact) mass is 717 g/mol. The molecule has 0 bridgehead atoms. The van der Waals surface area contributed by atoms with Gasteiger partial charge in [0.25, 0.3) is 0 Å². The average Bonchev–Trinajstić information content (AvgIpc) is 3.08. The van der Waals surface area contributed by atoms with Gasteiger partial charge >= 0.3 is 5.97 Å². The summed E-state index contributed by atoms with van der Waals surface area (Å²) in [6, 6.07) is 0.0949. The van der Waals surface area contributed by atoms with Crippen LogP contribution < -0.4 is 0 Å². The minimum Gasteiger partial charge on any atom is -0.459 e. The summed E-state index contributed by atoms with van der Waals surface area (Å²) >= 11 is 0. The van der Waals surface area contributed by atoms with Gasteiger partial charge < -0.3 is 53.7 Å². The van der Waals surface area contributed by atoms with E-state index >= 15 is 0 Å². The number of aliphatic hydroxyl groups is 4. The lowest BCUT2D eigenvalue weighted by Gasteiger charge is -2.51. The van der Waals surface area contributed by atoms with E-state index in [0.29, 0.717) is 6.61 Å². The Bertz CT molecular complexity index is 1120. The van der Waals surface area contributed by atoms with E-state index in [-0.39, 0.29) is 56.3 Å². The maximum atomic E-state index is 14.1. The Morgan fingerprint density at radius 2 is 1.54 bits per heavy atom. The minimum absolute atomic E-state index is 0.0237.